The first-order chi connectivity index (χ1) is 7.17. The fourth-order valence-corrected chi connectivity index (χ4v) is 1.09. The van der Waals surface area contributed by atoms with Crippen LogP contribution in [-0.2, 0) is 9.59 Å². The highest BCUT2D eigenvalue weighted by atomic mass is 16.1. The molecule has 0 radical (unpaired) electrons. The van der Waals surface area contributed by atoms with Gasteiger partial charge < -0.3 is 5.32 Å². The third kappa shape index (κ3) is 2.90. The summed E-state index contributed by atoms with van der Waals surface area (Å²) in [4.78, 5) is 24.5. The van der Waals surface area contributed by atoms with Gasteiger partial charge >= 0.3 is 0 Å². The van der Waals surface area contributed by atoms with Gasteiger partial charge in [0.15, 0.2) is 0 Å². The zero-order valence-electron chi connectivity index (χ0n) is 8.28. The molecule has 4 nitrogen and oxygen atoms in total. The summed E-state index contributed by atoms with van der Waals surface area (Å²) in [5.41, 5.74) is 2.01. The van der Waals surface area contributed by atoms with Crippen molar-refractivity contribution in [2.24, 2.45) is 4.99 Å². The van der Waals surface area contributed by atoms with Crippen molar-refractivity contribution in [3.63, 3.8) is 0 Å². The predicted octanol–water partition coefficient (Wildman–Crippen LogP) is 2.09. The monoisotopic (exact) mass is 202 g/mol. The maximum atomic E-state index is 11.0. The fraction of sp³-hybridized carbons (Fsp3) is 0.0909. The highest BCUT2D eigenvalue weighted by Crippen LogP contribution is 2.21. The van der Waals surface area contributed by atoms with Crippen molar-refractivity contribution in [1.82, 2.24) is 0 Å². The second-order valence-corrected chi connectivity index (χ2v) is 2.90. The summed E-state index contributed by atoms with van der Waals surface area (Å²) in [5, 5.41) is 2.63. The molecule has 0 atom stereocenters. The lowest BCUT2D eigenvalue weighted by atomic mass is 10.2. The molecule has 0 aliphatic carbocycles. The van der Waals surface area contributed by atoms with Crippen LogP contribution in [0.1, 0.15) is 5.56 Å². The zero-order valence-corrected chi connectivity index (χ0v) is 8.28. The number of benzene rings is 1. The lowest BCUT2D eigenvalue weighted by Crippen LogP contribution is -2.08. The van der Waals surface area contributed by atoms with Crippen molar-refractivity contribution in [3.8, 4) is 0 Å². The molecule has 4 heteroatoms. The number of rotatable bonds is 3. The second-order valence-electron chi connectivity index (χ2n) is 2.90. The molecule has 0 saturated heterocycles. The van der Waals surface area contributed by atoms with Gasteiger partial charge in [0.25, 0.3) is 0 Å². The molecule has 15 heavy (non-hydrogen) atoms. The largest absolute Gasteiger partial charge is 0.322 e. The minimum absolute atomic E-state index is 0.273. The van der Waals surface area contributed by atoms with Crippen LogP contribution in [-0.4, -0.2) is 12.0 Å². The van der Waals surface area contributed by atoms with Crippen LogP contribution in [0.4, 0.5) is 11.4 Å². The molecular weight excluding hydrogens is 192 g/mol. The van der Waals surface area contributed by atoms with Crippen LogP contribution in [0, 0.1) is 6.92 Å². The molecule has 1 amide bonds. The van der Waals surface area contributed by atoms with Crippen LogP contribution < -0.4 is 5.32 Å². The summed E-state index contributed by atoms with van der Waals surface area (Å²) in [5.74, 6) is -0.273. The Balaban J connectivity index is 2.97. The smallest absolute Gasteiger partial charge is 0.247 e. The molecule has 1 aromatic carbocycles. The summed E-state index contributed by atoms with van der Waals surface area (Å²) in [6.07, 6.45) is 2.65. The first kappa shape index (κ1) is 10.9. The number of aliphatic imine (C=N–C) groups is 1. The Morgan fingerprint density at radius 1 is 1.60 bits per heavy atom. The molecule has 0 aliphatic heterocycles. The van der Waals surface area contributed by atoms with Gasteiger partial charge in [0.05, 0.1) is 5.69 Å². The van der Waals surface area contributed by atoms with Crippen molar-refractivity contribution in [2.75, 3.05) is 5.32 Å². The zero-order chi connectivity index (χ0) is 11.3. The van der Waals surface area contributed by atoms with Crippen LogP contribution in [0.2, 0.25) is 0 Å². The van der Waals surface area contributed by atoms with Gasteiger partial charge in [-0.05, 0) is 36.8 Å². The average Bonchev–Trinajstić information content (AvgIpc) is 2.22. The first-order valence-corrected chi connectivity index (χ1v) is 4.29. The Morgan fingerprint density at radius 3 is 2.87 bits per heavy atom. The number of carbonyl (C=O) groups is 1. The lowest BCUT2D eigenvalue weighted by molar-refractivity contribution is -0.111. The highest BCUT2D eigenvalue weighted by Gasteiger charge is 2.01. The van der Waals surface area contributed by atoms with E-state index in [0.29, 0.717) is 11.4 Å². The third-order valence-electron chi connectivity index (χ3n) is 1.83. The molecule has 0 fully saturated rings. The van der Waals surface area contributed by atoms with E-state index in [4.69, 9.17) is 0 Å². The van der Waals surface area contributed by atoms with E-state index in [1.54, 1.807) is 18.2 Å². The molecule has 0 aliphatic rings. The standard InChI is InChI=1S/C11H10N2O2/c1-3-11(15)13-10-5-4-9(12-7-14)6-8(10)2/h3-6H,1H2,2H3,(H,13,15). The van der Waals surface area contributed by atoms with E-state index in [1.807, 2.05) is 6.92 Å². The fourth-order valence-electron chi connectivity index (χ4n) is 1.09. The second kappa shape index (κ2) is 4.88. The van der Waals surface area contributed by atoms with Gasteiger partial charge in [0.2, 0.25) is 12.0 Å². The maximum absolute atomic E-state index is 11.0. The van der Waals surface area contributed by atoms with Gasteiger partial charge in [0.1, 0.15) is 0 Å². The van der Waals surface area contributed by atoms with Gasteiger partial charge in [0, 0.05) is 5.69 Å². The summed E-state index contributed by atoms with van der Waals surface area (Å²) in [6, 6.07) is 4.98. The van der Waals surface area contributed by atoms with E-state index in [-0.39, 0.29) is 5.91 Å². The predicted molar refractivity (Wildman–Crippen MR) is 57.8 cm³/mol. The summed E-state index contributed by atoms with van der Waals surface area (Å²) >= 11 is 0. The molecular formula is C11H10N2O2. The minimum Gasteiger partial charge on any atom is -0.322 e. The van der Waals surface area contributed by atoms with Crippen molar-refractivity contribution in [2.45, 2.75) is 6.92 Å². The lowest BCUT2D eigenvalue weighted by Gasteiger charge is -2.06. The van der Waals surface area contributed by atoms with Crippen LogP contribution in [0.3, 0.4) is 0 Å². The number of nitrogens with zero attached hydrogens (tertiary/aromatic N) is 1. The number of nitrogens with one attached hydrogen (secondary N) is 1. The molecule has 0 bridgehead atoms. The van der Waals surface area contributed by atoms with Crippen molar-refractivity contribution in [1.29, 1.82) is 0 Å². The Morgan fingerprint density at radius 2 is 2.33 bits per heavy atom. The number of carbonyl (C=O) groups excluding carboxylic acids is 2. The summed E-state index contributed by atoms with van der Waals surface area (Å²) < 4.78 is 0. The summed E-state index contributed by atoms with van der Waals surface area (Å²) in [6.45, 7) is 5.16. The number of isocyanates is 1. The summed E-state index contributed by atoms with van der Waals surface area (Å²) in [7, 11) is 0. The number of amides is 1. The van der Waals surface area contributed by atoms with E-state index >= 15 is 0 Å². The van der Waals surface area contributed by atoms with Gasteiger partial charge in [-0.2, -0.15) is 4.99 Å². The number of anilines is 1. The van der Waals surface area contributed by atoms with E-state index < -0.39 is 0 Å². The van der Waals surface area contributed by atoms with E-state index in [0.717, 1.165) is 5.56 Å². The maximum Gasteiger partial charge on any atom is 0.247 e. The van der Waals surface area contributed by atoms with Crippen molar-refractivity contribution < 1.29 is 9.59 Å². The highest BCUT2D eigenvalue weighted by molar-refractivity contribution is 5.99. The molecule has 0 aromatic heterocycles. The minimum atomic E-state index is -0.273. The molecule has 1 N–H and O–H groups in total. The normalized spacial score (nSPS) is 8.87. The number of hydrogen-bond acceptors (Lipinski definition) is 3. The SMILES string of the molecule is C=CC(=O)Nc1ccc(N=C=O)cc1C. The molecule has 0 spiro atoms. The Hall–Kier alpha value is -2.19. The topological polar surface area (TPSA) is 58.5 Å². The number of hydrogen-bond donors (Lipinski definition) is 1. The van der Waals surface area contributed by atoms with Gasteiger partial charge in [-0.1, -0.05) is 6.58 Å². The van der Waals surface area contributed by atoms with E-state index in [9.17, 15) is 9.59 Å². The molecule has 1 rings (SSSR count). The van der Waals surface area contributed by atoms with Crippen molar-refractivity contribution in [3.05, 3.63) is 36.4 Å². The molecule has 0 heterocycles. The molecule has 0 saturated carbocycles. The molecule has 1 aromatic rings. The van der Waals surface area contributed by atoms with Gasteiger partial charge in [-0.15, -0.1) is 0 Å². The van der Waals surface area contributed by atoms with Crippen LogP contribution in [0.25, 0.3) is 0 Å². The molecule has 0 unspecified atom stereocenters. The number of aryl methyl sites for hydroxylation is 1. The van der Waals surface area contributed by atoms with Gasteiger partial charge in [-0.3, -0.25) is 4.79 Å². The van der Waals surface area contributed by atoms with E-state index in [1.165, 1.54) is 12.2 Å². The van der Waals surface area contributed by atoms with Gasteiger partial charge in [-0.25, -0.2) is 4.79 Å². The average molecular weight is 202 g/mol. The quantitative estimate of drug-likeness (QED) is 0.463. The molecule has 76 valence electrons. The third-order valence-corrected chi connectivity index (χ3v) is 1.83. The van der Waals surface area contributed by atoms with Crippen LogP contribution >= 0.6 is 0 Å². The Labute approximate surface area is 87.3 Å². The Kier molecular flexibility index (Phi) is 3.55. The first-order valence-electron chi connectivity index (χ1n) is 4.29. The van der Waals surface area contributed by atoms with E-state index in [2.05, 4.69) is 16.9 Å². The van der Waals surface area contributed by atoms with Crippen LogP contribution in [0.5, 0.6) is 0 Å². The van der Waals surface area contributed by atoms with Crippen LogP contribution in [0.15, 0.2) is 35.8 Å². The Bertz CT molecular complexity index is 446. The van der Waals surface area contributed by atoms with Crippen molar-refractivity contribution >= 4 is 23.4 Å².